The summed E-state index contributed by atoms with van der Waals surface area (Å²) in [4.78, 5) is 2.38. The Morgan fingerprint density at radius 1 is 1.19 bits per heavy atom. The Morgan fingerprint density at radius 3 is 2.70 bits per heavy atom. The highest BCUT2D eigenvalue weighted by Crippen LogP contribution is 2.44. The fourth-order valence-electron chi connectivity index (χ4n) is 4.44. The molecule has 1 aliphatic heterocycles. The number of aliphatic hydroxyl groups is 1. The first kappa shape index (κ1) is 17.1. The van der Waals surface area contributed by atoms with Crippen LogP contribution >= 0.6 is 0 Å². The molecule has 144 valence electrons. The van der Waals surface area contributed by atoms with Crippen LogP contribution in [0.1, 0.15) is 57.1 Å². The van der Waals surface area contributed by atoms with E-state index in [0.717, 1.165) is 55.4 Å². The minimum atomic E-state index is -0.165. The van der Waals surface area contributed by atoms with E-state index < -0.39 is 0 Å². The van der Waals surface area contributed by atoms with E-state index in [0.29, 0.717) is 18.2 Å². The maximum atomic E-state index is 9.59. The van der Waals surface area contributed by atoms with Crippen molar-refractivity contribution in [1.82, 2.24) is 9.78 Å². The zero-order valence-corrected chi connectivity index (χ0v) is 16.3. The number of benzene rings is 1. The summed E-state index contributed by atoms with van der Waals surface area (Å²) in [6, 6.07) is 5.35. The Labute approximate surface area is 160 Å². The summed E-state index contributed by atoms with van der Waals surface area (Å²) in [7, 11) is 2.19. The molecule has 0 spiro atoms. The molecular formula is C22H29N3O2. The predicted octanol–water partition coefficient (Wildman–Crippen LogP) is 3.95. The van der Waals surface area contributed by atoms with Crippen LogP contribution in [-0.4, -0.2) is 40.2 Å². The molecule has 0 radical (unpaired) electrons. The van der Waals surface area contributed by atoms with Crippen molar-refractivity contribution in [1.29, 1.82) is 0 Å². The maximum absolute atomic E-state index is 9.59. The summed E-state index contributed by atoms with van der Waals surface area (Å²) in [5, 5.41) is 14.2. The lowest BCUT2D eigenvalue weighted by Gasteiger charge is -2.37. The molecule has 5 nitrogen and oxygen atoms in total. The van der Waals surface area contributed by atoms with Gasteiger partial charge in [0.1, 0.15) is 5.75 Å². The van der Waals surface area contributed by atoms with Gasteiger partial charge in [-0.15, -0.1) is 0 Å². The van der Waals surface area contributed by atoms with Crippen molar-refractivity contribution in [2.24, 2.45) is 0 Å². The third-order valence-corrected chi connectivity index (χ3v) is 6.80. The summed E-state index contributed by atoms with van der Waals surface area (Å²) in [5.41, 5.74) is 4.94. The lowest BCUT2D eigenvalue weighted by Crippen LogP contribution is -2.34. The van der Waals surface area contributed by atoms with Crippen molar-refractivity contribution in [2.75, 3.05) is 11.9 Å². The molecule has 2 fully saturated rings. The third kappa shape index (κ3) is 2.92. The second-order valence-corrected chi connectivity index (χ2v) is 8.60. The molecule has 1 aromatic heterocycles. The highest BCUT2D eigenvalue weighted by Gasteiger charge is 2.31. The Morgan fingerprint density at radius 2 is 2.00 bits per heavy atom. The normalized spacial score (nSPS) is 27.7. The van der Waals surface area contributed by atoms with E-state index in [-0.39, 0.29) is 6.10 Å². The second-order valence-electron chi connectivity index (χ2n) is 8.60. The van der Waals surface area contributed by atoms with Crippen molar-refractivity contribution in [3.05, 3.63) is 30.1 Å². The van der Waals surface area contributed by atoms with Crippen LogP contribution < -0.4 is 9.64 Å². The smallest absolute Gasteiger partial charge is 0.132 e. The number of hydrogen-bond donors (Lipinski definition) is 1. The van der Waals surface area contributed by atoms with Gasteiger partial charge in [0, 0.05) is 41.7 Å². The quantitative estimate of drug-likeness (QED) is 0.889. The standard InChI is InChI=1S/C22H29N3O2/c1-14-6-7-20-21(24(14)2)9-8-19(22(20)27-18-4-3-5-18)15-12-23-25(13-15)16-10-17(26)11-16/h8-9,12-14,16-18,26H,3-7,10-11H2,1-2H3/t14-,16?,17?/m0/s1. The van der Waals surface area contributed by atoms with Gasteiger partial charge in [-0.05, 0) is 64.0 Å². The molecule has 2 aliphatic carbocycles. The van der Waals surface area contributed by atoms with E-state index in [1.165, 1.54) is 17.7 Å². The fraction of sp³-hybridized carbons (Fsp3) is 0.591. The molecule has 3 aliphatic rings. The third-order valence-electron chi connectivity index (χ3n) is 6.80. The van der Waals surface area contributed by atoms with Gasteiger partial charge in [0.2, 0.25) is 0 Å². The highest BCUT2D eigenvalue weighted by atomic mass is 16.5. The summed E-state index contributed by atoms with van der Waals surface area (Å²) in [5.74, 6) is 1.07. The largest absolute Gasteiger partial charge is 0.489 e. The number of nitrogens with zero attached hydrogens (tertiary/aromatic N) is 3. The molecule has 1 N–H and O–H groups in total. The monoisotopic (exact) mass is 367 g/mol. The van der Waals surface area contributed by atoms with Gasteiger partial charge in [0.15, 0.2) is 0 Å². The zero-order chi connectivity index (χ0) is 18.5. The number of ether oxygens (including phenoxy) is 1. The van der Waals surface area contributed by atoms with E-state index in [1.54, 1.807) is 0 Å². The average molecular weight is 367 g/mol. The van der Waals surface area contributed by atoms with E-state index in [9.17, 15) is 5.11 Å². The molecule has 0 amide bonds. The van der Waals surface area contributed by atoms with Gasteiger partial charge < -0.3 is 14.7 Å². The van der Waals surface area contributed by atoms with Crippen LogP contribution in [0.5, 0.6) is 5.75 Å². The number of aromatic nitrogens is 2. The number of hydrogen-bond acceptors (Lipinski definition) is 4. The molecule has 5 rings (SSSR count). The van der Waals surface area contributed by atoms with Gasteiger partial charge in [0.25, 0.3) is 0 Å². The molecule has 27 heavy (non-hydrogen) atoms. The van der Waals surface area contributed by atoms with Gasteiger partial charge in [0.05, 0.1) is 24.4 Å². The summed E-state index contributed by atoms with van der Waals surface area (Å²) >= 11 is 0. The SMILES string of the molecule is C[C@H]1CCc2c(ccc(-c3cnn(C4CC(O)C4)c3)c2OC2CCC2)N1C. The molecule has 2 heterocycles. The van der Waals surface area contributed by atoms with Gasteiger partial charge in [-0.25, -0.2) is 0 Å². The van der Waals surface area contributed by atoms with Crippen LogP contribution in [0.15, 0.2) is 24.5 Å². The van der Waals surface area contributed by atoms with Crippen LogP contribution in [0.3, 0.4) is 0 Å². The minimum absolute atomic E-state index is 0.165. The molecule has 5 heteroatoms. The number of aliphatic hydroxyl groups excluding tert-OH is 1. The van der Waals surface area contributed by atoms with Crippen molar-refractivity contribution in [3.63, 3.8) is 0 Å². The van der Waals surface area contributed by atoms with Gasteiger partial charge in [-0.3, -0.25) is 4.68 Å². The maximum Gasteiger partial charge on any atom is 0.132 e. The van der Waals surface area contributed by atoms with Crippen LogP contribution in [-0.2, 0) is 6.42 Å². The molecule has 0 bridgehead atoms. The summed E-state index contributed by atoms with van der Waals surface area (Å²) < 4.78 is 8.56. The first-order valence-corrected chi connectivity index (χ1v) is 10.4. The first-order valence-electron chi connectivity index (χ1n) is 10.4. The Bertz CT molecular complexity index is 836. The second kappa shape index (κ2) is 6.55. The lowest BCUT2D eigenvalue weighted by atomic mass is 9.89. The molecule has 2 aromatic rings. The van der Waals surface area contributed by atoms with Gasteiger partial charge in [-0.1, -0.05) is 0 Å². The number of rotatable bonds is 4. The minimum Gasteiger partial charge on any atom is -0.489 e. The first-order chi connectivity index (χ1) is 13.1. The molecule has 1 atom stereocenters. The fourth-order valence-corrected chi connectivity index (χ4v) is 4.44. The van der Waals surface area contributed by atoms with Crippen LogP contribution in [0, 0.1) is 0 Å². The lowest BCUT2D eigenvalue weighted by molar-refractivity contribution is 0.0434. The topological polar surface area (TPSA) is 50.5 Å². The predicted molar refractivity (Wildman–Crippen MR) is 106 cm³/mol. The Balaban J connectivity index is 1.53. The highest BCUT2D eigenvalue weighted by molar-refractivity contribution is 5.77. The molecule has 2 saturated carbocycles. The van der Waals surface area contributed by atoms with Gasteiger partial charge in [-0.2, -0.15) is 5.10 Å². The van der Waals surface area contributed by atoms with Crippen molar-refractivity contribution in [2.45, 2.75) is 76.2 Å². The average Bonchev–Trinajstić information content (AvgIpc) is 3.07. The molecule has 0 saturated heterocycles. The molecule has 1 aromatic carbocycles. The summed E-state index contributed by atoms with van der Waals surface area (Å²) in [6.07, 6.45) is 11.7. The Kier molecular flexibility index (Phi) is 4.15. The molecular weight excluding hydrogens is 338 g/mol. The number of anilines is 1. The number of fused-ring (bicyclic) bond motifs is 1. The van der Waals surface area contributed by atoms with Crippen LogP contribution in [0.25, 0.3) is 11.1 Å². The van der Waals surface area contributed by atoms with Crippen molar-refractivity contribution >= 4 is 5.69 Å². The van der Waals surface area contributed by atoms with Crippen LogP contribution in [0.2, 0.25) is 0 Å². The zero-order valence-electron chi connectivity index (χ0n) is 16.3. The summed E-state index contributed by atoms with van der Waals surface area (Å²) in [6.45, 7) is 2.29. The van der Waals surface area contributed by atoms with E-state index in [4.69, 9.17) is 4.74 Å². The van der Waals surface area contributed by atoms with E-state index in [2.05, 4.69) is 42.3 Å². The Hall–Kier alpha value is -2.01. The van der Waals surface area contributed by atoms with Crippen LogP contribution in [0.4, 0.5) is 5.69 Å². The van der Waals surface area contributed by atoms with Gasteiger partial charge >= 0.3 is 0 Å². The van der Waals surface area contributed by atoms with E-state index >= 15 is 0 Å². The molecule has 0 unspecified atom stereocenters. The van der Waals surface area contributed by atoms with Crippen molar-refractivity contribution < 1.29 is 9.84 Å². The van der Waals surface area contributed by atoms with E-state index in [1.807, 2.05) is 10.9 Å². The van der Waals surface area contributed by atoms with Crippen molar-refractivity contribution in [3.8, 4) is 16.9 Å².